The minimum atomic E-state index is -0.306. The number of rotatable bonds is 6. The van der Waals surface area contributed by atoms with E-state index < -0.39 is 0 Å². The van der Waals surface area contributed by atoms with Crippen molar-refractivity contribution in [2.45, 2.75) is 12.8 Å². The van der Waals surface area contributed by atoms with Crippen LogP contribution in [-0.4, -0.2) is 16.6 Å². The van der Waals surface area contributed by atoms with E-state index in [4.69, 9.17) is 0 Å². The first-order chi connectivity index (χ1) is 12.3. The summed E-state index contributed by atoms with van der Waals surface area (Å²) in [6.45, 7) is 0. The summed E-state index contributed by atoms with van der Waals surface area (Å²) < 4.78 is 0. The number of benzene rings is 2. The van der Waals surface area contributed by atoms with Gasteiger partial charge in [-0.25, -0.2) is 5.43 Å². The zero-order chi connectivity index (χ0) is 17.3. The number of aromatic nitrogens is 1. The number of hydrazone groups is 1. The number of amides is 1. The van der Waals surface area contributed by atoms with Crippen molar-refractivity contribution in [3.63, 3.8) is 0 Å². The van der Waals surface area contributed by atoms with E-state index in [9.17, 15) is 4.79 Å². The fraction of sp³-hybridized carbons (Fsp3) is 0.0952. The molecule has 4 heteroatoms. The van der Waals surface area contributed by atoms with E-state index in [2.05, 4.69) is 39.8 Å². The molecule has 3 aromatic rings. The van der Waals surface area contributed by atoms with Crippen molar-refractivity contribution < 1.29 is 4.79 Å². The average Bonchev–Trinajstić information content (AvgIpc) is 2.68. The monoisotopic (exact) mass is 329 g/mol. The van der Waals surface area contributed by atoms with Crippen molar-refractivity contribution >= 4 is 11.6 Å². The van der Waals surface area contributed by atoms with E-state index in [0.717, 1.165) is 16.8 Å². The van der Waals surface area contributed by atoms with Crippen LogP contribution in [0.5, 0.6) is 0 Å². The summed E-state index contributed by atoms with van der Waals surface area (Å²) in [5, 5.41) is 4.37. The minimum absolute atomic E-state index is 0.306. The molecule has 0 aliphatic rings. The number of nitrogens with zero attached hydrogens (tertiary/aromatic N) is 2. The summed E-state index contributed by atoms with van der Waals surface area (Å²) >= 11 is 0. The summed E-state index contributed by atoms with van der Waals surface area (Å²) in [6, 6.07) is 25.4. The molecule has 0 atom stereocenters. The van der Waals surface area contributed by atoms with Crippen LogP contribution in [0, 0.1) is 0 Å². The Bertz CT molecular complexity index is 787. The summed E-state index contributed by atoms with van der Waals surface area (Å²) in [4.78, 5) is 16.2. The molecule has 0 fully saturated rings. The van der Waals surface area contributed by atoms with Gasteiger partial charge in [0.05, 0.1) is 0 Å². The van der Waals surface area contributed by atoms with Gasteiger partial charge in [0.2, 0.25) is 0 Å². The predicted molar refractivity (Wildman–Crippen MR) is 99.4 cm³/mol. The molecule has 0 aliphatic carbocycles. The van der Waals surface area contributed by atoms with E-state index in [-0.39, 0.29) is 5.91 Å². The van der Waals surface area contributed by atoms with Gasteiger partial charge in [-0.15, -0.1) is 0 Å². The van der Waals surface area contributed by atoms with Crippen LogP contribution >= 0.6 is 0 Å². The van der Waals surface area contributed by atoms with E-state index >= 15 is 0 Å². The lowest BCUT2D eigenvalue weighted by Gasteiger charge is -2.08. The molecule has 0 aliphatic heterocycles. The average molecular weight is 329 g/mol. The molecule has 1 aromatic heterocycles. The van der Waals surface area contributed by atoms with Gasteiger partial charge in [-0.3, -0.25) is 9.78 Å². The number of pyridine rings is 1. The second-order valence-electron chi connectivity index (χ2n) is 5.66. The second kappa shape index (κ2) is 8.55. The zero-order valence-electron chi connectivity index (χ0n) is 13.8. The van der Waals surface area contributed by atoms with Gasteiger partial charge in [-0.1, -0.05) is 66.7 Å². The third-order valence-electron chi connectivity index (χ3n) is 3.72. The van der Waals surface area contributed by atoms with E-state index in [1.165, 1.54) is 0 Å². The highest BCUT2D eigenvalue weighted by Crippen LogP contribution is 2.07. The van der Waals surface area contributed by atoms with Gasteiger partial charge >= 0.3 is 0 Å². The molecule has 0 unspecified atom stereocenters. The van der Waals surface area contributed by atoms with Crippen LogP contribution in [0.4, 0.5) is 0 Å². The first kappa shape index (κ1) is 16.6. The second-order valence-corrected chi connectivity index (χ2v) is 5.66. The maximum absolute atomic E-state index is 12.2. The van der Waals surface area contributed by atoms with Crippen molar-refractivity contribution in [1.82, 2.24) is 10.4 Å². The van der Waals surface area contributed by atoms with Gasteiger partial charge in [0, 0.05) is 24.8 Å². The van der Waals surface area contributed by atoms with Crippen molar-refractivity contribution in [2.24, 2.45) is 5.10 Å². The predicted octanol–water partition coefficient (Wildman–Crippen LogP) is 3.65. The van der Waals surface area contributed by atoms with Crippen molar-refractivity contribution in [2.75, 3.05) is 0 Å². The summed E-state index contributed by atoms with van der Waals surface area (Å²) in [5.74, 6) is -0.306. The fourth-order valence-corrected chi connectivity index (χ4v) is 2.49. The molecule has 0 saturated heterocycles. The lowest BCUT2D eigenvalue weighted by Crippen LogP contribution is -2.22. The third kappa shape index (κ3) is 5.11. The molecule has 2 aromatic carbocycles. The maximum atomic E-state index is 12.2. The summed E-state index contributed by atoms with van der Waals surface area (Å²) in [5.41, 5.74) is 6.18. The van der Waals surface area contributed by atoms with Crippen LogP contribution < -0.4 is 5.43 Å². The molecule has 25 heavy (non-hydrogen) atoms. The Morgan fingerprint density at radius 1 is 0.800 bits per heavy atom. The van der Waals surface area contributed by atoms with E-state index in [1.807, 2.05) is 36.4 Å². The highest BCUT2D eigenvalue weighted by Gasteiger charge is 2.08. The normalized spacial score (nSPS) is 10.1. The van der Waals surface area contributed by atoms with Crippen LogP contribution in [0.2, 0.25) is 0 Å². The Morgan fingerprint density at radius 2 is 1.36 bits per heavy atom. The van der Waals surface area contributed by atoms with Gasteiger partial charge in [-0.05, 0) is 23.3 Å². The molecule has 124 valence electrons. The third-order valence-corrected chi connectivity index (χ3v) is 3.72. The van der Waals surface area contributed by atoms with Crippen molar-refractivity contribution in [3.05, 3.63) is 102 Å². The molecule has 1 amide bonds. The molecule has 4 nitrogen and oxygen atoms in total. The number of hydrogen-bond donors (Lipinski definition) is 1. The lowest BCUT2D eigenvalue weighted by molar-refractivity contribution is 0.0949. The van der Waals surface area contributed by atoms with Crippen LogP contribution in [0.25, 0.3) is 0 Å². The number of nitrogens with one attached hydrogen (secondary N) is 1. The van der Waals surface area contributed by atoms with E-state index in [1.54, 1.807) is 24.4 Å². The largest absolute Gasteiger partial charge is 0.289 e. The number of carbonyl (C=O) groups excluding carboxylic acids is 1. The molecule has 1 heterocycles. The highest BCUT2D eigenvalue weighted by molar-refractivity contribution is 5.94. The Balaban J connectivity index is 1.76. The first-order valence-electron chi connectivity index (χ1n) is 8.16. The minimum Gasteiger partial charge on any atom is -0.266 e. The van der Waals surface area contributed by atoms with E-state index in [0.29, 0.717) is 18.5 Å². The Labute approximate surface area is 147 Å². The molecule has 0 saturated carbocycles. The molecular formula is C21H19N3O. The smallest absolute Gasteiger partial charge is 0.266 e. The Morgan fingerprint density at radius 3 is 1.88 bits per heavy atom. The molecular weight excluding hydrogens is 310 g/mol. The van der Waals surface area contributed by atoms with Crippen molar-refractivity contribution in [1.29, 1.82) is 0 Å². The molecule has 0 spiro atoms. The number of hydrogen-bond acceptors (Lipinski definition) is 3. The van der Waals surface area contributed by atoms with Gasteiger partial charge in [0.15, 0.2) is 0 Å². The molecule has 3 rings (SSSR count). The van der Waals surface area contributed by atoms with Crippen LogP contribution in [-0.2, 0) is 12.8 Å². The summed E-state index contributed by atoms with van der Waals surface area (Å²) in [7, 11) is 0. The van der Waals surface area contributed by atoms with Crippen LogP contribution in [0.1, 0.15) is 21.6 Å². The molecule has 0 bridgehead atoms. The van der Waals surface area contributed by atoms with Gasteiger partial charge in [-0.2, -0.15) is 5.10 Å². The topological polar surface area (TPSA) is 54.4 Å². The Kier molecular flexibility index (Phi) is 5.67. The summed E-state index contributed by atoms with van der Waals surface area (Å²) in [6.07, 6.45) is 2.95. The molecule has 1 N–H and O–H groups in total. The maximum Gasteiger partial charge on any atom is 0.289 e. The quantitative estimate of drug-likeness (QED) is 0.554. The van der Waals surface area contributed by atoms with Crippen LogP contribution in [0.3, 0.4) is 0 Å². The zero-order valence-corrected chi connectivity index (χ0v) is 13.8. The SMILES string of the molecule is O=C(NN=C(Cc1ccccc1)Cc1ccccc1)c1ccccn1. The van der Waals surface area contributed by atoms with Gasteiger partial charge in [0.25, 0.3) is 5.91 Å². The van der Waals surface area contributed by atoms with Gasteiger partial charge in [0.1, 0.15) is 5.69 Å². The Hall–Kier alpha value is -3.27. The lowest BCUT2D eigenvalue weighted by atomic mass is 10.0. The first-order valence-corrected chi connectivity index (χ1v) is 8.16. The highest BCUT2D eigenvalue weighted by atomic mass is 16.2. The van der Waals surface area contributed by atoms with Crippen molar-refractivity contribution in [3.8, 4) is 0 Å². The number of carbonyl (C=O) groups is 1. The van der Waals surface area contributed by atoms with Gasteiger partial charge < -0.3 is 0 Å². The fourth-order valence-electron chi connectivity index (χ4n) is 2.49. The standard InChI is InChI=1S/C21H19N3O/c25-21(20-13-7-8-14-22-20)24-23-19(15-17-9-3-1-4-10-17)16-18-11-5-2-6-12-18/h1-14H,15-16H2,(H,24,25). The van der Waals surface area contributed by atoms with Crippen LogP contribution in [0.15, 0.2) is 90.2 Å². The molecule has 0 radical (unpaired) electrons.